The van der Waals surface area contributed by atoms with Crippen molar-refractivity contribution in [3.63, 3.8) is 0 Å². The molecule has 0 N–H and O–H groups in total. The molecular weight excluding hydrogens is 238 g/mol. The standard InChI is InChI=1S/C12H13NOS2/c1-3-13-6-7-15-12(13)8-10(14)11-5-4-9(2)16-11/h4-8H,3H2,1-2H3/b12-8+. The molecule has 0 radical (unpaired) electrons. The van der Waals surface area contributed by atoms with Crippen LogP contribution in [0.25, 0.3) is 0 Å². The highest BCUT2D eigenvalue weighted by molar-refractivity contribution is 8.06. The van der Waals surface area contributed by atoms with Gasteiger partial charge >= 0.3 is 0 Å². The second-order valence-corrected chi connectivity index (χ2v) is 5.66. The summed E-state index contributed by atoms with van der Waals surface area (Å²) in [6.07, 6.45) is 3.73. The molecule has 4 heteroatoms. The molecule has 1 aliphatic rings. The summed E-state index contributed by atoms with van der Waals surface area (Å²) in [6.45, 7) is 4.98. The summed E-state index contributed by atoms with van der Waals surface area (Å²) in [7, 11) is 0. The number of carbonyl (C=O) groups is 1. The molecule has 2 nitrogen and oxygen atoms in total. The number of aryl methyl sites for hydroxylation is 1. The maximum Gasteiger partial charge on any atom is 0.198 e. The Balaban J connectivity index is 2.15. The van der Waals surface area contributed by atoms with Gasteiger partial charge in [-0.25, -0.2) is 0 Å². The van der Waals surface area contributed by atoms with E-state index >= 15 is 0 Å². The lowest BCUT2D eigenvalue weighted by molar-refractivity contribution is 0.104. The van der Waals surface area contributed by atoms with Crippen LogP contribution < -0.4 is 0 Å². The smallest absolute Gasteiger partial charge is 0.198 e. The Morgan fingerprint density at radius 3 is 2.94 bits per heavy atom. The highest BCUT2D eigenvalue weighted by Crippen LogP contribution is 2.29. The van der Waals surface area contributed by atoms with Crippen LogP contribution in [0.4, 0.5) is 0 Å². The van der Waals surface area contributed by atoms with E-state index in [1.54, 1.807) is 29.2 Å². The molecule has 0 aliphatic carbocycles. The van der Waals surface area contributed by atoms with Crippen LogP contribution >= 0.6 is 23.1 Å². The van der Waals surface area contributed by atoms with Crippen molar-refractivity contribution in [2.75, 3.05) is 6.54 Å². The Hall–Kier alpha value is -1.000. The quantitative estimate of drug-likeness (QED) is 0.604. The normalized spacial score (nSPS) is 17.4. The van der Waals surface area contributed by atoms with Crippen molar-refractivity contribution >= 4 is 28.9 Å². The Labute approximate surface area is 104 Å². The second kappa shape index (κ2) is 4.89. The molecule has 0 saturated carbocycles. The fourth-order valence-electron chi connectivity index (χ4n) is 1.44. The number of thioether (sulfide) groups is 1. The van der Waals surface area contributed by atoms with Crippen molar-refractivity contribution in [1.82, 2.24) is 4.90 Å². The predicted molar refractivity (Wildman–Crippen MR) is 70.6 cm³/mol. The monoisotopic (exact) mass is 251 g/mol. The van der Waals surface area contributed by atoms with Gasteiger partial charge in [0.15, 0.2) is 5.78 Å². The van der Waals surface area contributed by atoms with Crippen LogP contribution in [0.3, 0.4) is 0 Å². The maximum absolute atomic E-state index is 11.9. The summed E-state index contributed by atoms with van der Waals surface area (Å²) >= 11 is 3.14. The maximum atomic E-state index is 11.9. The van der Waals surface area contributed by atoms with E-state index in [0.29, 0.717) is 0 Å². The molecule has 0 aromatic carbocycles. The summed E-state index contributed by atoms with van der Waals surface area (Å²) < 4.78 is 0. The average Bonchev–Trinajstić information content (AvgIpc) is 2.86. The van der Waals surface area contributed by atoms with Gasteiger partial charge in [0.25, 0.3) is 0 Å². The van der Waals surface area contributed by atoms with Crippen LogP contribution in [-0.4, -0.2) is 17.2 Å². The number of nitrogens with zero attached hydrogens (tertiary/aromatic N) is 1. The van der Waals surface area contributed by atoms with Crippen molar-refractivity contribution in [1.29, 1.82) is 0 Å². The zero-order valence-corrected chi connectivity index (χ0v) is 10.9. The number of carbonyl (C=O) groups excluding carboxylic acids is 1. The lowest BCUT2D eigenvalue weighted by Crippen LogP contribution is -2.11. The van der Waals surface area contributed by atoms with Gasteiger partial charge < -0.3 is 4.90 Å². The van der Waals surface area contributed by atoms with Crippen LogP contribution in [0.2, 0.25) is 0 Å². The van der Waals surface area contributed by atoms with Crippen LogP contribution in [0, 0.1) is 6.92 Å². The van der Waals surface area contributed by atoms with Crippen molar-refractivity contribution in [2.24, 2.45) is 0 Å². The van der Waals surface area contributed by atoms with E-state index in [9.17, 15) is 4.79 Å². The second-order valence-electron chi connectivity index (χ2n) is 3.45. The molecule has 0 bridgehead atoms. The average molecular weight is 251 g/mol. The molecule has 0 amide bonds. The van der Waals surface area contributed by atoms with Gasteiger partial charge in [-0.15, -0.1) is 11.3 Å². The van der Waals surface area contributed by atoms with Crippen LogP contribution in [0.5, 0.6) is 0 Å². The molecule has 0 saturated heterocycles. The highest BCUT2D eigenvalue weighted by Gasteiger charge is 2.13. The van der Waals surface area contributed by atoms with E-state index in [4.69, 9.17) is 0 Å². The molecule has 1 aliphatic heterocycles. The summed E-state index contributed by atoms with van der Waals surface area (Å²) in [5.74, 6) is 0.0998. The van der Waals surface area contributed by atoms with Crippen molar-refractivity contribution < 1.29 is 4.79 Å². The third-order valence-electron chi connectivity index (χ3n) is 2.29. The van der Waals surface area contributed by atoms with Gasteiger partial charge in [0.2, 0.25) is 0 Å². The fraction of sp³-hybridized carbons (Fsp3) is 0.250. The van der Waals surface area contributed by atoms with E-state index < -0.39 is 0 Å². The first-order valence-corrected chi connectivity index (χ1v) is 6.82. The Kier molecular flexibility index (Phi) is 3.51. The van der Waals surface area contributed by atoms with Crippen molar-refractivity contribution in [3.8, 4) is 0 Å². The number of thiophene rings is 1. The predicted octanol–water partition coefficient (Wildman–Crippen LogP) is 3.62. The molecule has 0 unspecified atom stereocenters. The highest BCUT2D eigenvalue weighted by atomic mass is 32.2. The SMILES string of the molecule is CCN1C=CS/C1=C/C(=O)c1ccc(C)s1. The summed E-state index contributed by atoms with van der Waals surface area (Å²) in [6, 6.07) is 3.87. The first-order chi connectivity index (χ1) is 7.70. The first kappa shape index (κ1) is 11.5. The van der Waals surface area contributed by atoms with E-state index in [1.807, 2.05) is 30.7 Å². The minimum Gasteiger partial charge on any atom is -0.342 e. The molecule has 0 spiro atoms. The summed E-state index contributed by atoms with van der Waals surface area (Å²) in [5, 5.41) is 3.01. The first-order valence-electron chi connectivity index (χ1n) is 5.13. The Morgan fingerprint density at radius 2 is 2.31 bits per heavy atom. The van der Waals surface area contributed by atoms with E-state index in [0.717, 1.165) is 16.5 Å². The minimum absolute atomic E-state index is 0.0998. The summed E-state index contributed by atoms with van der Waals surface area (Å²) in [4.78, 5) is 16.0. The van der Waals surface area contributed by atoms with E-state index in [-0.39, 0.29) is 5.78 Å². The third kappa shape index (κ3) is 2.39. The molecule has 2 rings (SSSR count). The summed E-state index contributed by atoms with van der Waals surface area (Å²) in [5.41, 5.74) is 0. The minimum atomic E-state index is 0.0998. The zero-order chi connectivity index (χ0) is 11.5. The number of ketones is 1. The van der Waals surface area contributed by atoms with Crippen LogP contribution in [0.1, 0.15) is 21.5 Å². The number of hydrogen-bond donors (Lipinski definition) is 0. The molecule has 2 heterocycles. The lowest BCUT2D eigenvalue weighted by atomic mass is 10.3. The number of hydrogen-bond acceptors (Lipinski definition) is 4. The largest absolute Gasteiger partial charge is 0.342 e. The Bertz CT molecular complexity index is 459. The van der Waals surface area contributed by atoms with Gasteiger partial charge in [0.05, 0.1) is 9.91 Å². The van der Waals surface area contributed by atoms with Gasteiger partial charge in [-0.3, -0.25) is 4.79 Å². The fourth-order valence-corrected chi connectivity index (χ4v) is 3.07. The third-order valence-corrected chi connectivity index (χ3v) is 4.16. The number of rotatable bonds is 3. The van der Waals surface area contributed by atoms with Crippen molar-refractivity contribution in [3.05, 3.63) is 44.6 Å². The van der Waals surface area contributed by atoms with Gasteiger partial charge in [0, 0.05) is 23.7 Å². The van der Waals surface area contributed by atoms with E-state index in [2.05, 4.69) is 11.8 Å². The lowest BCUT2D eigenvalue weighted by Gasteiger charge is -2.13. The Morgan fingerprint density at radius 1 is 1.50 bits per heavy atom. The molecule has 1 aromatic heterocycles. The molecule has 1 aromatic rings. The molecule has 84 valence electrons. The molecule has 16 heavy (non-hydrogen) atoms. The van der Waals surface area contributed by atoms with Gasteiger partial charge in [-0.2, -0.15) is 0 Å². The van der Waals surface area contributed by atoms with Gasteiger partial charge in [-0.05, 0) is 31.4 Å². The van der Waals surface area contributed by atoms with Crippen molar-refractivity contribution in [2.45, 2.75) is 13.8 Å². The van der Waals surface area contributed by atoms with E-state index in [1.165, 1.54) is 4.88 Å². The topological polar surface area (TPSA) is 20.3 Å². The van der Waals surface area contributed by atoms with Crippen LogP contribution in [0.15, 0.2) is 34.8 Å². The zero-order valence-electron chi connectivity index (χ0n) is 9.27. The van der Waals surface area contributed by atoms with Gasteiger partial charge in [0.1, 0.15) is 0 Å². The molecule has 0 atom stereocenters. The van der Waals surface area contributed by atoms with Crippen LogP contribution in [-0.2, 0) is 0 Å². The molecule has 0 fully saturated rings. The van der Waals surface area contributed by atoms with Gasteiger partial charge in [-0.1, -0.05) is 11.8 Å². The number of allylic oxidation sites excluding steroid dienone is 1. The molecular formula is C12H13NOS2.